The van der Waals surface area contributed by atoms with Gasteiger partial charge in [0.15, 0.2) is 0 Å². The number of oxime groups is 1. The number of benzene rings is 1. The van der Waals surface area contributed by atoms with Gasteiger partial charge in [-0.25, -0.2) is 0 Å². The van der Waals surface area contributed by atoms with Crippen LogP contribution in [-0.4, -0.2) is 29.7 Å². The molecule has 0 saturated heterocycles. The largest absolute Gasteiger partial charge is 0.497 e. The van der Waals surface area contributed by atoms with Crippen LogP contribution in [0.25, 0.3) is 5.57 Å². The van der Waals surface area contributed by atoms with E-state index in [1.54, 1.807) is 49.6 Å². The van der Waals surface area contributed by atoms with Crippen LogP contribution < -0.4 is 4.74 Å². The van der Waals surface area contributed by atoms with Gasteiger partial charge in [0.2, 0.25) is 0 Å². The predicted octanol–water partition coefficient (Wildman–Crippen LogP) is 2.29. The Balaban J connectivity index is 2.49. The van der Waals surface area contributed by atoms with Crippen molar-refractivity contribution in [2.24, 2.45) is 5.16 Å². The molecule has 0 heterocycles. The summed E-state index contributed by atoms with van der Waals surface area (Å²) in [6.45, 7) is -0.269. The minimum absolute atomic E-state index is 0.269. The zero-order chi connectivity index (χ0) is 15.2. The molecule has 5 heteroatoms. The summed E-state index contributed by atoms with van der Waals surface area (Å²) < 4.78 is 5.09. The summed E-state index contributed by atoms with van der Waals surface area (Å²) in [5.74, 6) is 0.710. The Labute approximate surface area is 122 Å². The normalized spacial score (nSPS) is 18.1. The molecule has 2 N–H and O–H groups in total. The molecule has 1 aliphatic carbocycles. The van der Waals surface area contributed by atoms with E-state index in [4.69, 9.17) is 9.94 Å². The molecule has 0 amide bonds. The molecule has 0 radical (unpaired) electrons. The van der Waals surface area contributed by atoms with Crippen LogP contribution in [-0.2, 0) is 0 Å². The lowest BCUT2D eigenvalue weighted by Crippen LogP contribution is -2.08. The van der Waals surface area contributed by atoms with Crippen LogP contribution in [0, 0.1) is 11.3 Å². The third kappa shape index (κ3) is 3.02. The first-order valence-electron chi connectivity index (χ1n) is 6.24. The van der Waals surface area contributed by atoms with Crippen molar-refractivity contribution >= 4 is 11.3 Å². The summed E-state index contributed by atoms with van der Waals surface area (Å²) in [5, 5.41) is 30.6. The van der Waals surface area contributed by atoms with Gasteiger partial charge in [0, 0.05) is 5.57 Å². The molecule has 106 valence electrons. The number of rotatable bonds is 3. The molecule has 21 heavy (non-hydrogen) atoms. The Kier molecular flexibility index (Phi) is 4.54. The van der Waals surface area contributed by atoms with Crippen LogP contribution in [0.15, 0.2) is 58.8 Å². The van der Waals surface area contributed by atoms with Gasteiger partial charge in [-0.15, -0.1) is 0 Å². The number of aliphatic hydroxyl groups excluding tert-OH is 1. The zero-order valence-corrected chi connectivity index (χ0v) is 11.4. The second-order valence-corrected chi connectivity index (χ2v) is 4.32. The Morgan fingerprint density at radius 3 is 2.52 bits per heavy atom. The highest BCUT2D eigenvalue weighted by atomic mass is 16.5. The number of allylic oxidation sites excluding steroid dienone is 5. The average molecular weight is 282 g/mol. The van der Waals surface area contributed by atoms with Gasteiger partial charge in [0.05, 0.1) is 19.3 Å². The maximum atomic E-state index is 9.40. The van der Waals surface area contributed by atoms with Gasteiger partial charge in [-0.2, -0.15) is 5.26 Å². The maximum absolute atomic E-state index is 9.40. The van der Waals surface area contributed by atoms with Crippen molar-refractivity contribution in [3.05, 3.63) is 59.2 Å². The van der Waals surface area contributed by atoms with Crippen LogP contribution in [0.5, 0.6) is 5.75 Å². The van der Waals surface area contributed by atoms with Crippen molar-refractivity contribution in [1.82, 2.24) is 0 Å². The number of nitrogens with zero attached hydrogens (tertiary/aromatic N) is 2. The SMILES string of the molecule is COc1ccc(C(C#N)=C2C=CC(=NO)C(CO)=C2)cc1. The van der Waals surface area contributed by atoms with E-state index in [-0.39, 0.29) is 12.3 Å². The second kappa shape index (κ2) is 6.55. The molecule has 0 atom stereocenters. The fraction of sp³-hybridized carbons (Fsp3) is 0.125. The molecule has 1 aromatic carbocycles. The smallest absolute Gasteiger partial charge is 0.118 e. The molecular formula is C16H14N2O3. The van der Waals surface area contributed by atoms with E-state index in [1.165, 1.54) is 0 Å². The van der Waals surface area contributed by atoms with Gasteiger partial charge in [-0.1, -0.05) is 11.2 Å². The van der Waals surface area contributed by atoms with E-state index < -0.39 is 0 Å². The molecule has 2 rings (SSSR count). The van der Waals surface area contributed by atoms with Crippen molar-refractivity contribution in [2.45, 2.75) is 0 Å². The van der Waals surface area contributed by atoms with Crippen molar-refractivity contribution in [3.63, 3.8) is 0 Å². The van der Waals surface area contributed by atoms with Crippen molar-refractivity contribution < 1.29 is 15.1 Å². The van der Waals surface area contributed by atoms with E-state index in [0.717, 1.165) is 5.56 Å². The van der Waals surface area contributed by atoms with Crippen LogP contribution in [0.3, 0.4) is 0 Å². The van der Waals surface area contributed by atoms with Crippen molar-refractivity contribution in [3.8, 4) is 11.8 Å². The molecule has 0 unspecified atom stereocenters. The van der Waals surface area contributed by atoms with Gasteiger partial charge in [0.25, 0.3) is 0 Å². The fourth-order valence-corrected chi connectivity index (χ4v) is 2.02. The summed E-state index contributed by atoms with van der Waals surface area (Å²) in [5.41, 5.74) is 2.61. The molecule has 0 aromatic heterocycles. The zero-order valence-electron chi connectivity index (χ0n) is 11.4. The lowest BCUT2D eigenvalue weighted by Gasteiger charge is -2.11. The Hall–Kier alpha value is -2.84. The highest BCUT2D eigenvalue weighted by Crippen LogP contribution is 2.25. The van der Waals surface area contributed by atoms with E-state index in [0.29, 0.717) is 22.5 Å². The molecule has 0 saturated carbocycles. The van der Waals surface area contributed by atoms with Crippen molar-refractivity contribution in [2.75, 3.05) is 13.7 Å². The molecule has 1 aliphatic rings. The summed E-state index contributed by atoms with van der Waals surface area (Å²) in [6.07, 6.45) is 4.87. The van der Waals surface area contributed by atoms with Gasteiger partial charge in [0.1, 0.15) is 17.5 Å². The summed E-state index contributed by atoms with van der Waals surface area (Å²) in [7, 11) is 1.58. The van der Waals surface area contributed by atoms with E-state index in [2.05, 4.69) is 11.2 Å². The number of hydrogen-bond acceptors (Lipinski definition) is 5. The Bertz CT molecular complexity index is 689. The number of ether oxygens (including phenoxy) is 1. The number of aliphatic hydroxyl groups is 1. The van der Waals surface area contributed by atoms with Crippen LogP contribution in [0.2, 0.25) is 0 Å². The third-order valence-corrected chi connectivity index (χ3v) is 3.14. The Morgan fingerprint density at radius 2 is 2.00 bits per heavy atom. The molecule has 0 fully saturated rings. The molecular weight excluding hydrogens is 268 g/mol. The fourth-order valence-electron chi connectivity index (χ4n) is 2.02. The third-order valence-electron chi connectivity index (χ3n) is 3.14. The van der Waals surface area contributed by atoms with Gasteiger partial charge >= 0.3 is 0 Å². The van der Waals surface area contributed by atoms with Crippen LogP contribution in [0.4, 0.5) is 0 Å². The molecule has 5 nitrogen and oxygen atoms in total. The monoisotopic (exact) mass is 282 g/mol. The standard InChI is InChI=1S/C16H14N2O3/c1-21-14-5-2-11(3-6-14)15(9-17)12-4-7-16(18-20)13(8-12)10-19/h2-8,19-20H,10H2,1H3. The van der Waals surface area contributed by atoms with E-state index in [9.17, 15) is 10.4 Å². The van der Waals surface area contributed by atoms with Gasteiger partial charge < -0.3 is 15.1 Å². The van der Waals surface area contributed by atoms with Gasteiger partial charge in [-0.05, 0) is 47.6 Å². The van der Waals surface area contributed by atoms with E-state index >= 15 is 0 Å². The first-order chi connectivity index (χ1) is 10.2. The van der Waals surface area contributed by atoms with Crippen LogP contribution in [0.1, 0.15) is 5.56 Å². The summed E-state index contributed by atoms with van der Waals surface area (Å²) in [4.78, 5) is 0. The summed E-state index contributed by atoms with van der Waals surface area (Å²) >= 11 is 0. The minimum atomic E-state index is -0.269. The molecule has 0 aliphatic heterocycles. The quantitative estimate of drug-likeness (QED) is 0.506. The maximum Gasteiger partial charge on any atom is 0.118 e. The molecule has 0 spiro atoms. The number of methoxy groups -OCH3 is 1. The van der Waals surface area contributed by atoms with Gasteiger partial charge in [-0.3, -0.25) is 0 Å². The number of nitriles is 1. The van der Waals surface area contributed by atoms with Crippen molar-refractivity contribution in [1.29, 1.82) is 5.26 Å². The van der Waals surface area contributed by atoms with E-state index in [1.807, 2.05) is 0 Å². The molecule has 0 bridgehead atoms. The second-order valence-electron chi connectivity index (χ2n) is 4.32. The predicted molar refractivity (Wildman–Crippen MR) is 79.1 cm³/mol. The topological polar surface area (TPSA) is 85.8 Å². The first kappa shape index (κ1) is 14.6. The lowest BCUT2D eigenvalue weighted by atomic mass is 9.94. The highest BCUT2D eigenvalue weighted by molar-refractivity contribution is 6.11. The lowest BCUT2D eigenvalue weighted by molar-refractivity contribution is 0.314. The van der Waals surface area contributed by atoms with Crippen LogP contribution >= 0.6 is 0 Å². The average Bonchev–Trinajstić information content (AvgIpc) is 2.56. The Morgan fingerprint density at radius 1 is 1.29 bits per heavy atom. The highest BCUT2D eigenvalue weighted by Gasteiger charge is 2.13. The summed E-state index contributed by atoms with van der Waals surface area (Å²) in [6, 6.07) is 9.30. The molecule has 1 aromatic rings. The minimum Gasteiger partial charge on any atom is -0.497 e. The number of hydrogen-bond donors (Lipinski definition) is 2. The first-order valence-corrected chi connectivity index (χ1v) is 6.24.